The summed E-state index contributed by atoms with van der Waals surface area (Å²) in [5.41, 5.74) is 2.23. The predicted molar refractivity (Wildman–Crippen MR) is 96.5 cm³/mol. The van der Waals surface area contributed by atoms with E-state index >= 15 is 0 Å². The zero-order valence-electron chi connectivity index (χ0n) is 12.7. The molecule has 0 atom stereocenters. The number of unbranched alkanes of at least 4 members (excludes halogenated alkanes) is 1. The van der Waals surface area contributed by atoms with Crippen molar-refractivity contribution in [2.75, 3.05) is 6.54 Å². The van der Waals surface area contributed by atoms with Crippen LogP contribution < -0.4 is 10.1 Å². The second-order valence-electron chi connectivity index (χ2n) is 5.20. The van der Waals surface area contributed by atoms with Crippen LogP contribution in [0.5, 0.6) is 5.75 Å². The summed E-state index contributed by atoms with van der Waals surface area (Å²) in [5, 5.41) is 4.19. The minimum Gasteiger partial charge on any atom is -0.489 e. The highest BCUT2D eigenvalue weighted by Crippen LogP contribution is 2.24. The Bertz CT molecular complexity index is 603. The summed E-state index contributed by atoms with van der Waals surface area (Å²) in [4.78, 5) is 0. The summed E-state index contributed by atoms with van der Waals surface area (Å²) in [7, 11) is 0. The van der Waals surface area contributed by atoms with Crippen LogP contribution in [0.15, 0.2) is 46.9 Å². The lowest BCUT2D eigenvalue weighted by atomic mass is 10.2. The molecule has 2 aromatic carbocycles. The molecule has 2 nitrogen and oxygen atoms in total. The molecule has 0 amide bonds. The number of ether oxygens (including phenoxy) is 1. The Morgan fingerprint density at radius 3 is 2.82 bits per heavy atom. The molecule has 0 unspecified atom stereocenters. The van der Waals surface area contributed by atoms with E-state index in [1.165, 1.54) is 12.8 Å². The molecule has 4 heteroatoms. The van der Waals surface area contributed by atoms with Gasteiger partial charge in [-0.05, 0) is 48.9 Å². The van der Waals surface area contributed by atoms with E-state index in [0.717, 1.165) is 39.5 Å². The number of rotatable bonds is 8. The fourth-order valence-corrected chi connectivity index (χ4v) is 2.76. The molecule has 0 spiro atoms. The normalized spacial score (nSPS) is 10.7. The van der Waals surface area contributed by atoms with E-state index < -0.39 is 0 Å². The monoisotopic (exact) mass is 381 g/mol. The summed E-state index contributed by atoms with van der Waals surface area (Å²) in [6.45, 7) is 4.55. The lowest BCUT2D eigenvalue weighted by Crippen LogP contribution is -2.15. The Hall–Kier alpha value is -1.03. The van der Waals surface area contributed by atoms with Crippen LogP contribution in [0.25, 0.3) is 0 Å². The Morgan fingerprint density at radius 2 is 2.05 bits per heavy atom. The van der Waals surface area contributed by atoms with Crippen molar-refractivity contribution in [3.05, 3.63) is 63.1 Å². The van der Waals surface area contributed by atoms with Crippen molar-refractivity contribution in [2.24, 2.45) is 0 Å². The molecule has 22 heavy (non-hydrogen) atoms. The highest BCUT2D eigenvalue weighted by molar-refractivity contribution is 9.10. The second kappa shape index (κ2) is 9.19. The molecule has 0 saturated heterocycles. The van der Waals surface area contributed by atoms with E-state index in [9.17, 15) is 0 Å². The summed E-state index contributed by atoms with van der Waals surface area (Å²) < 4.78 is 7.04. The topological polar surface area (TPSA) is 21.3 Å². The number of hydrogen-bond acceptors (Lipinski definition) is 2. The molecule has 0 fully saturated rings. The van der Waals surface area contributed by atoms with Crippen LogP contribution in [0.2, 0.25) is 5.02 Å². The van der Waals surface area contributed by atoms with Gasteiger partial charge < -0.3 is 10.1 Å². The molecule has 0 radical (unpaired) electrons. The quantitative estimate of drug-likeness (QED) is 0.602. The summed E-state index contributed by atoms with van der Waals surface area (Å²) in [6, 6.07) is 13.9. The predicted octanol–water partition coefficient (Wildman–Crippen LogP) is 5.57. The molecule has 0 aliphatic heterocycles. The minimum absolute atomic E-state index is 0.518. The van der Waals surface area contributed by atoms with Gasteiger partial charge in [0.1, 0.15) is 12.4 Å². The molecule has 2 aromatic rings. The highest BCUT2D eigenvalue weighted by Gasteiger charge is 2.05. The average molecular weight is 383 g/mol. The second-order valence-corrected chi connectivity index (χ2v) is 6.55. The number of nitrogens with one attached hydrogen (secondary N) is 1. The lowest BCUT2D eigenvalue weighted by molar-refractivity contribution is 0.302. The third-order valence-electron chi connectivity index (χ3n) is 3.33. The fourth-order valence-electron chi connectivity index (χ4n) is 2.14. The van der Waals surface area contributed by atoms with Crippen molar-refractivity contribution in [2.45, 2.75) is 32.9 Å². The van der Waals surface area contributed by atoms with Gasteiger partial charge in [-0.15, -0.1) is 0 Å². The largest absolute Gasteiger partial charge is 0.489 e. The van der Waals surface area contributed by atoms with E-state index in [0.29, 0.717) is 6.61 Å². The van der Waals surface area contributed by atoms with Crippen molar-refractivity contribution < 1.29 is 4.74 Å². The van der Waals surface area contributed by atoms with Crippen LogP contribution in [-0.2, 0) is 13.2 Å². The maximum Gasteiger partial charge on any atom is 0.124 e. The number of hydrogen-bond donors (Lipinski definition) is 1. The van der Waals surface area contributed by atoms with E-state index in [4.69, 9.17) is 16.3 Å². The van der Waals surface area contributed by atoms with Gasteiger partial charge in [0.15, 0.2) is 0 Å². The Kier molecular flexibility index (Phi) is 7.23. The molecular weight excluding hydrogens is 362 g/mol. The lowest BCUT2D eigenvalue weighted by Gasteiger charge is -2.13. The average Bonchev–Trinajstić information content (AvgIpc) is 2.51. The van der Waals surface area contributed by atoms with Gasteiger partial charge in [0.05, 0.1) is 0 Å². The SMILES string of the molecule is CCCCNCc1cc(Br)ccc1OCc1cccc(Cl)c1. The van der Waals surface area contributed by atoms with Gasteiger partial charge in [-0.3, -0.25) is 0 Å². The van der Waals surface area contributed by atoms with E-state index in [1.807, 2.05) is 36.4 Å². The molecule has 0 bridgehead atoms. The van der Waals surface area contributed by atoms with Crippen LogP contribution in [0.1, 0.15) is 30.9 Å². The summed E-state index contributed by atoms with van der Waals surface area (Å²) in [6.07, 6.45) is 2.39. The molecule has 0 saturated carbocycles. The molecule has 2 rings (SSSR count). The van der Waals surface area contributed by atoms with Gasteiger partial charge >= 0.3 is 0 Å². The van der Waals surface area contributed by atoms with Crippen molar-refractivity contribution in [3.8, 4) is 5.75 Å². The third-order valence-corrected chi connectivity index (χ3v) is 4.06. The first-order valence-electron chi connectivity index (χ1n) is 7.55. The van der Waals surface area contributed by atoms with Gasteiger partial charge in [-0.1, -0.05) is 53.0 Å². The van der Waals surface area contributed by atoms with Crippen LogP contribution in [-0.4, -0.2) is 6.54 Å². The van der Waals surface area contributed by atoms with E-state index in [2.05, 4.69) is 34.2 Å². The minimum atomic E-state index is 0.518. The van der Waals surface area contributed by atoms with Gasteiger partial charge in [0.2, 0.25) is 0 Å². The van der Waals surface area contributed by atoms with Crippen LogP contribution in [0.3, 0.4) is 0 Å². The first-order valence-corrected chi connectivity index (χ1v) is 8.72. The molecule has 118 valence electrons. The van der Waals surface area contributed by atoms with Gasteiger partial charge in [0.25, 0.3) is 0 Å². The zero-order valence-corrected chi connectivity index (χ0v) is 15.1. The van der Waals surface area contributed by atoms with Crippen LogP contribution in [0.4, 0.5) is 0 Å². The van der Waals surface area contributed by atoms with Crippen LogP contribution in [0, 0.1) is 0 Å². The van der Waals surface area contributed by atoms with Gasteiger partial charge in [-0.25, -0.2) is 0 Å². The Labute approximate surface area is 146 Å². The van der Waals surface area contributed by atoms with Gasteiger partial charge in [-0.2, -0.15) is 0 Å². The van der Waals surface area contributed by atoms with Crippen molar-refractivity contribution >= 4 is 27.5 Å². The van der Waals surface area contributed by atoms with Crippen molar-refractivity contribution in [1.29, 1.82) is 0 Å². The van der Waals surface area contributed by atoms with E-state index in [1.54, 1.807) is 0 Å². The molecule has 0 heterocycles. The summed E-state index contributed by atoms with van der Waals surface area (Å²) in [5.74, 6) is 0.909. The van der Waals surface area contributed by atoms with Crippen molar-refractivity contribution in [1.82, 2.24) is 5.32 Å². The first kappa shape index (κ1) is 17.3. The smallest absolute Gasteiger partial charge is 0.124 e. The Balaban J connectivity index is 1.99. The Morgan fingerprint density at radius 1 is 1.18 bits per heavy atom. The zero-order chi connectivity index (χ0) is 15.8. The fraction of sp³-hybridized carbons (Fsp3) is 0.333. The maximum atomic E-state index is 6.01. The highest BCUT2D eigenvalue weighted by atomic mass is 79.9. The van der Waals surface area contributed by atoms with Gasteiger partial charge in [0, 0.05) is 21.6 Å². The molecule has 0 aliphatic rings. The molecule has 0 aromatic heterocycles. The third kappa shape index (κ3) is 5.64. The first-order chi connectivity index (χ1) is 10.7. The van der Waals surface area contributed by atoms with Crippen molar-refractivity contribution in [3.63, 3.8) is 0 Å². The standard InChI is InChI=1S/C18H21BrClNO/c1-2-3-9-21-12-15-11-16(19)7-8-18(15)22-13-14-5-4-6-17(20)10-14/h4-8,10-11,21H,2-3,9,12-13H2,1H3. The molecule has 0 aliphatic carbocycles. The number of halogens is 2. The number of benzene rings is 2. The maximum absolute atomic E-state index is 6.01. The molecule has 1 N–H and O–H groups in total. The summed E-state index contributed by atoms with van der Waals surface area (Å²) >= 11 is 9.53. The van der Waals surface area contributed by atoms with Crippen LogP contribution >= 0.6 is 27.5 Å². The molecular formula is C18H21BrClNO. The van der Waals surface area contributed by atoms with E-state index in [-0.39, 0.29) is 0 Å².